The smallest absolute Gasteiger partial charge is 0.253 e. The van der Waals surface area contributed by atoms with Crippen LogP contribution in [0.3, 0.4) is 0 Å². The fourth-order valence-corrected chi connectivity index (χ4v) is 5.68. The van der Waals surface area contributed by atoms with E-state index in [1.54, 1.807) is 6.92 Å². The first-order valence-electron chi connectivity index (χ1n) is 11.8. The van der Waals surface area contributed by atoms with Crippen LogP contribution in [0.15, 0.2) is 24.4 Å². The number of benzene rings is 1. The second-order valence-corrected chi connectivity index (χ2v) is 10.4. The summed E-state index contributed by atoms with van der Waals surface area (Å²) in [4.78, 5) is 15.7. The Labute approximate surface area is 190 Å². The number of amides is 1. The van der Waals surface area contributed by atoms with Gasteiger partial charge in [0.1, 0.15) is 5.67 Å². The van der Waals surface area contributed by atoms with E-state index in [0.29, 0.717) is 48.0 Å². The van der Waals surface area contributed by atoms with E-state index in [0.717, 1.165) is 36.8 Å². The predicted molar refractivity (Wildman–Crippen MR) is 126 cm³/mol. The molecule has 2 aliphatic rings. The van der Waals surface area contributed by atoms with Gasteiger partial charge in [-0.3, -0.25) is 9.69 Å². The summed E-state index contributed by atoms with van der Waals surface area (Å²) in [6.07, 6.45) is 7.16. The van der Waals surface area contributed by atoms with Crippen LogP contribution in [-0.2, 0) is 6.54 Å². The molecule has 1 saturated carbocycles. The van der Waals surface area contributed by atoms with Gasteiger partial charge in [-0.25, -0.2) is 4.39 Å². The van der Waals surface area contributed by atoms with E-state index in [4.69, 9.17) is 11.6 Å². The molecule has 170 valence electrons. The van der Waals surface area contributed by atoms with Crippen LogP contribution in [0.5, 0.6) is 0 Å². The lowest BCUT2D eigenvalue weighted by atomic mass is 9.81. The van der Waals surface area contributed by atoms with Crippen LogP contribution in [-0.4, -0.2) is 46.2 Å². The zero-order valence-corrected chi connectivity index (χ0v) is 19.7. The summed E-state index contributed by atoms with van der Waals surface area (Å²) in [5.74, 6) is 0.257. The van der Waals surface area contributed by atoms with Crippen LogP contribution in [0.2, 0.25) is 5.02 Å². The van der Waals surface area contributed by atoms with E-state index < -0.39 is 5.67 Å². The molecule has 1 aliphatic carbocycles. The molecule has 31 heavy (non-hydrogen) atoms. The highest BCUT2D eigenvalue weighted by Crippen LogP contribution is 2.35. The fourth-order valence-electron chi connectivity index (χ4n) is 5.41. The first-order chi connectivity index (χ1) is 14.7. The standard InChI is InChI=1S/C25H35ClFN3O/c1-17(2)30-13-5-6-19(30)15-29-16-20(23-21(26)7-4-8-22(23)29)24(31)28-14-18-9-11-25(3,27)12-10-18/h4,7-8,16-19H,5-6,9-15H2,1-3H3,(H,28,31). The van der Waals surface area contributed by atoms with Crippen molar-refractivity contribution in [3.8, 4) is 0 Å². The van der Waals surface area contributed by atoms with Gasteiger partial charge in [-0.1, -0.05) is 17.7 Å². The van der Waals surface area contributed by atoms with Crippen molar-refractivity contribution in [2.75, 3.05) is 13.1 Å². The van der Waals surface area contributed by atoms with Crippen molar-refractivity contribution in [3.63, 3.8) is 0 Å². The van der Waals surface area contributed by atoms with Crippen molar-refractivity contribution in [1.82, 2.24) is 14.8 Å². The normalized spacial score (nSPS) is 27.3. The van der Waals surface area contributed by atoms with Crippen LogP contribution < -0.4 is 5.32 Å². The molecule has 1 aliphatic heterocycles. The van der Waals surface area contributed by atoms with Crippen LogP contribution in [0, 0.1) is 5.92 Å². The van der Waals surface area contributed by atoms with Crippen molar-refractivity contribution in [2.45, 2.75) is 83.6 Å². The molecule has 2 aromatic rings. The summed E-state index contributed by atoms with van der Waals surface area (Å²) in [6, 6.07) is 6.85. The molecule has 1 aromatic heterocycles. The number of rotatable bonds is 6. The largest absolute Gasteiger partial charge is 0.352 e. The number of nitrogens with zero attached hydrogens (tertiary/aromatic N) is 2. The lowest BCUT2D eigenvalue weighted by Gasteiger charge is -2.31. The van der Waals surface area contributed by atoms with E-state index in [2.05, 4.69) is 34.7 Å². The van der Waals surface area contributed by atoms with Crippen LogP contribution in [0.4, 0.5) is 4.39 Å². The molecule has 4 nitrogen and oxygen atoms in total. The minimum absolute atomic E-state index is 0.0856. The Balaban J connectivity index is 1.52. The summed E-state index contributed by atoms with van der Waals surface area (Å²) in [5, 5.41) is 4.55. The van der Waals surface area contributed by atoms with E-state index in [1.165, 1.54) is 12.8 Å². The van der Waals surface area contributed by atoms with Crippen LogP contribution in [0.1, 0.15) is 69.7 Å². The van der Waals surface area contributed by atoms with Crippen molar-refractivity contribution in [3.05, 3.63) is 35.0 Å². The maximum atomic E-state index is 14.1. The Bertz CT molecular complexity index is 928. The van der Waals surface area contributed by atoms with Crippen LogP contribution in [0.25, 0.3) is 10.9 Å². The minimum Gasteiger partial charge on any atom is -0.352 e. The Morgan fingerprint density at radius 3 is 2.74 bits per heavy atom. The Morgan fingerprint density at radius 2 is 2.03 bits per heavy atom. The van der Waals surface area contributed by atoms with Gasteiger partial charge in [0.05, 0.1) is 16.1 Å². The zero-order chi connectivity index (χ0) is 22.2. The van der Waals surface area contributed by atoms with Gasteiger partial charge in [-0.15, -0.1) is 0 Å². The molecule has 0 spiro atoms. The molecule has 2 fully saturated rings. The summed E-state index contributed by atoms with van der Waals surface area (Å²) >= 11 is 6.55. The number of aromatic nitrogens is 1. The van der Waals surface area contributed by atoms with Crippen molar-refractivity contribution in [1.29, 1.82) is 0 Å². The molecule has 1 aromatic carbocycles. The molecule has 1 amide bonds. The number of hydrogen-bond donors (Lipinski definition) is 1. The molecule has 6 heteroatoms. The Morgan fingerprint density at radius 1 is 1.29 bits per heavy atom. The predicted octanol–water partition coefficient (Wildman–Crippen LogP) is 5.82. The molecule has 4 rings (SSSR count). The molecular weight excluding hydrogens is 413 g/mol. The van der Waals surface area contributed by atoms with Crippen LogP contribution >= 0.6 is 11.6 Å². The maximum absolute atomic E-state index is 14.1. The third-order valence-electron chi connectivity index (χ3n) is 7.29. The molecule has 1 unspecified atom stereocenters. The van der Waals surface area contributed by atoms with Gasteiger partial charge < -0.3 is 9.88 Å². The van der Waals surface area contributed by atoms with Gasteiger partial charge in [-0.2, -0.15) is 0 Å². The summed E-state index contributed by atoms with van der Waals surface area (Å²) in [6.45, 7) is 8.77. The molecule has 2 heterocycles. The quantitative estimate of drug-likeness (QED) is 0.606. The summed E-state index contributed by atoms with van der Waals surface area (Å²) in [5.41, 5.74) is 0.603. The molecule has 1 N–H and O–H groups in total. The molecule has 1 saturated heterocycles. The second kappa shape index (κ2) is 9.11. The Kier molecular flexibility index (Phi) is 6.64. The van der Waals surface area contributed by atoms with E-state index in [-0.39, 0.29) is 5.91 Å². The Hall–Kier alpha value is -1.59. The third-order valence-corrected chi connectivity index (χ3v) is 7.61. The molecule has 1 atom stereocenters. The lowest BCUT2D eigenvalue weighted by Crippen LogP contribution is -2.38. The zero-order valence-electron chi connectivity index (χ0n) is 19.0. The van der Waals surface area contributed by atoms with Gasteiger partial charge in [0.15, 0.2) is 0 Å². The maximum Gasteiger partial charge on any atom is 0.253 e. The number of carbonyl (C=O) groups excluding carboxylic acids is 1. The number of hydrogen-bond acceptors (Lipinski definition) is 2. The fraction of sp³-hybridized carbons (Fsp3) is 0.640. The van der Waals surface area contributed by atoms with Gasteiger partial charge in [0.2, 0.25) is 0 Å². The minimum atomic E-state index is -1.05. The monoisotopic (exact) mass is 447 g/mol. The highest BCUT2D eigenvalue weighted by atomic mass is 35.5. The van der Waals surface area contributed by atoms with Crippen molar-refractivity contribution < 1.29 is 9.18 Å². The van der Waals surface area contributed by atoms with E-state index in [9.17, 15) is 9.18 Å². The van der Waals surface area contributed by atoms with Gasteiger partial charge >= 0.3 is 0 Å². The SMILES string of the molecule is CC(C)N1CCCC1Cn1cc(C(=O)NCC2CCC(C)(F)CC2)c2c(Cl)cccc21. The third kappa shape index (κ3) is 4.93. The second-order valence-electron chi connectivity index (χ2n) is 10.0. The lowest BCUT2D eigenvalue weighted by molar-refractivity contribution is 0.0894. The van der Waals surface area contributed by atoms with Crippen molar-refractivity contribution in [2.24, 2.45) is 5.92 Å². The topological polar surface area (TPSA) is 37.3 Å². The number of nitrogens with one attached hydrogen (secondary N) is 1. The average molecular weight is 448 g/mol. The van der Waals surface area contributed by atoms with E-state index >= 15 is 0 Å². The molecular formula is C25H35ClFN3O. The number of carbonyl (C=O) groups is 1. The highest BCUT2D eigenvalue weighted by molar-refractivity contribution is 6.36. The summed E-state index contributed by atoms with van der Waals surface area (Å²) in [7, 11) is 0. The van der Waals surface area contributed by atoms with E-state index in [1.807, 2.05) is 18.3 Å². The van der Waals surface area contributed by atoms with Crippen molar-refractivity contribution >= 4 is 28.4 Å². The average Bonchev–Trinajstić information content (AvgIpc) is 3.33. The molecule has 0 bridgehead atoms. The number of fused-ring (bicyclic) bond motifs is 1. The number of alkyl halides is 1. The molecule has 0 radical (unpaired) electrons. The summed E-state index contributed by atoms with van der Waals surface area (Å²) < 4.78 is 16.3. The van der Waals surface area contributed by atoms with Gasteiger partial charge in [0.25, 0.3) is 5.91 Å². The number of likely N-dealkylation sites (tertiary alicyclic amines) is 1. The van der Waals surface area contributed by atoms with Gasteiger partial charge in [-0.05, 0) is 83.9 Å². The first kappa shape index (κ1) is 22.6. The first-order valence-corrected chi connectivity index (χ1v) is 12.1. The highest BCUT2D eigenvalue weighted by Gasteiger charge is 2.31. The number of halogens is 2. The van der Waals surface area contributed by atoms with Gasteiger partial charge in [0, 0.05) is 36.8 Å².